The Morgan fingerprint density at radius 1 is 1.32 bits per heavy atom. The molecule has 1 aliphatic rings. The number of likely N-dealkylation sites (N-methyl/N-ethyl adjacent to an activating group) is 1. The highest BCUT2D eigenvalue weighted by Crippen LogP contribution is 2.25. The Balaban J connectivity index is 1.95. The zero-order valence-electron chi connectivity index (χ0n) is 14.8. The Kier molecular flexibility index (Phi) is 7.80. The Labute approximate surface area is 148 Å². The minimum atomic E-state index is -0.810. The van der Waals surface area contributed by atoms with Gasteiger partial charge in [-0.1, -0.05) is 30.3 Å². The topological polar surface area (TPSA) is 91.3 Å². The molecule has 1 saturated heterocycles. The Bertz CT molecular complexity index is 527. The summed E-state index contributed by atoms with van der Waals surface area (Å²) in [7, 11) is 3.38. The molecule has 1 aromatic carbocycles. The maximum absolute atomic E-state index is 11.6. The summed E-state index contributed by atoms with van der Waals surface area (Å²) in [6.45, 7) is 0.714. The van der Waals surface area contributed by atoms with Crippen molar-refractivity contribution in [2.24, 2.45) is 0 Å². The molecule has 1 fully saturated rings. The number of carbonyl (C=O) groups excluding carboxylic acids is 1. The lowest BCUT2D eigenvalue weighted by molar-refractivity contribution is -0.125. The van der Waals surface area contributed by atoms with Crippen LogP contribution >= 0.6 is 0 Å². The third-order valence-corrected chi connectivity index (χ3v) is 4.52. The van der Waals surface area contributed by atoms with E-state index in [2.05, 4.69) is 17.4 Å². The largest absolute Gasteiger partial charge is 0.394 e. The molecule has 0 bridgehead atoms. The number of methoxy groups -OCH3 is 1. The third kappa shape index (κ3) is 5.49. The van der Waals surface area contributed by atoms with E-state index in [-0.39, 0.29) is 31.7 Å². The summed E-state index contributed by atoms with van der Waals surface area (Å²) in [4.78, 5) is 13.6. The van der Waals surface area contributed by atoms with Crippen molar-refractivity contribution in [2.45, 2.75) is 30.8 Å². The van der Waals surface area contributed by atoms with Gasteiger partial charge >= 0.3 is 0 Å². The van der Waals surface area contributed by atoms with Crippen LogP contribution in [0.3, 0.4) is 0 Å². The number of amides is 1. The molecular weight excluding hydrogens is 324 g/mol. The molecule has 0 aliphatic carbocycles. The predicted octanol–water partition coefficient (Wildman–Crippen LogP) is -0.587. The first kappa shape index (κ1) is 19.8. The zero-order chi connectivity index (χ0) is 18.2. The fourth-order valence-electron chi connectivity index (χ4n) is 3.19. The molecule has 1 aliphatic heterocycles. The van der Waals surface area contributed by atoms with Crippen molar-refractivity contribution >= 4 is 5.91 Å². The van der Waals surface area contributed by atoms with Gasteiger partial charge in [-0.25, -0.2) is 0 Å². The van der Waals surface area contributed by atoms with Gasteiger partial charge in [0.1, 0.15) is 18.8 Å². The van der Waals surface area contributed by atoms with Crippen LogP contribution in [0.4, 0.5) is 0 Å². The first-order valence-electron chi connectivity index (χ1n) is 8.51. The van der Waals surface area contributed by atoms with Gasteiger partial charge in [-0.3, -0.25) is 9.69 Å². The second-order valence-corrected chi connectivity index (χ2v) is 6.33. The van der Waals surface area contributed by atoms with Crippen LogP contribution in [-0.4, -0.2) is 85.8 Å². The molecule has 140 valence electrons. The van der Waals surface area contributed by atoms with E-state index in [1.165, 1.54) is 12.7 Å². The third-order valence-electron chi connectivity index (χ3n) is 4.52. The van der Waals surface area contributed by atoms with Gasteiger partial charge < -0.3 is 25.0 Å². The number of aliphatic hydroxyl groups is 2. The van der Waals surface area contributed by atoms with Gasteiger partial charge in [0.05, 0.1) is 18.8 Å². The molecule has 0 radical (unpaired) electrons. The van der Waals surface area contributed by atoms with E-state index in [9.17, 15) is 15.0 Å². The minimum Gasteiger partial charge on any atom is -0.394 e. The zero-order valence-corrected chi connectivity index (χ0v) is 14.8. The fourth-order valence-corrected chi connectivity index (χ4v) is 3.19. The standard InChI is InChI=1S/C18H28N2O5/c1-20(9-8-13-6-4-3-5-7-13)17-14(10-19-16(22)12-24-2)25-15(11-21)18(17)23/h3-7,14-15,17-18,21,23H,8-12H2,1-2H3,(H,19,22). The summed E-state index contributed by atoms with van der Waals surface area (Å²) < 4.78 is 10.5. The second-order valence-electron chi connectivity index (χ2n) is 6.33. The van der Waals surface area contributed by atoms with E-state index >= 15 is 0 Å². The lowest BCUT2D eigenvalue weighted by Crippen LogP contribution is -2.50. The van der Waals surface area contributed by atoms with Gasteiger partial charge in [0, 0.05) is 20.2 Å². The van der Waals surface area contributed by atoms with E-state index in [1.807, 2.05) is 30.1 Å². The van der Waals surface area contributed by atoms with Crippen molar-refractivity contribution in [1.82, 2.24) is 10.2 Å². The molecule has 4 unspecified atom stereocenters. The van der Waals surface area contributed by atoms with E-state index in [1.54, 1.807) is 0 Å². The first-order valence-corrected chi connectivity index (χ1v) is 8.51. The molecular formula is C18H28N2O5. The summed E-state index contributed by atoms with van der Waals surface area (Å²) in [5, 5.41) is 22.6. The van der Waals surface area contributed by atoms with Crippen LogP contribution in [0.2, 0.25) is 0 Å². The highest BCUT2D eigenvalue weighted by atomic mass is 16.5. The Morgan fingerprint density at radius 3 is 2.68 bits per heavy atom. The number of carbonyl (C=O) groups is 1. The molecule has 3 N–H and O–H groups in total. The monoisotopic (exact) mass is 352 g/mol. The lowest BCUT2D eigenvalue weighted by Gasteiger charge is -2.30. The number of hydrogen-bond acceptors (Lipinski definition) is 6. The van der Waals surface area contributed by atoms with E-state index in [0.717, 1.165) is 13.0 Å². The SMILES string of the molecule is COCC(=O)NCC1OC(CO)C(O)C1N(C)CCc1ccccc1. The van der Waals surface area contributed by atoms with Crippen molar-refractivity contribution < 1.29 is 24.5 Å². The summed E-state index contributed by atoms with van der Waals surface area (Å²) in [6, 6.07) is 9.80. The van der Waals surface area contributed by atoms with E-state index in [0.29, 0.717) is 0 Å². The number of rotatable bonds is 9. The maximum atomic E-state index is 11.6. The van der Waals surface area contributed by atoms with Crippen LogP contribution in [0.5, 0.6) is 0 Å². The molecule has 1 amide bonds. The minimum absolute atomic E-state index is 0.0206. The van der Waals surface area contributed by atoms with Gasteiger partial charge in [-0.15, -0.1) is 0 Å². The number of ether oxygens (including phenoxy) is 2. The van der Waals surface area contributed by atoms with Crippen LogP contribution in [-0.2, 0) is 20.7 Å². The molecule has 7 nitrogen and oxygen atoms in total. The fraction of sp³-hybridized carbons (Fsp3) is 0.611. The molecule has 0 aromatic heterocycles. The number of aliphatic hydroxyl groups excluding tert-OH is 2. The Morgan fingerprint density at radius 2 is 2.04 bits per heavy atom. The van der Waals surface area contributed by atoms with Gasteiger partial charge in [-0.2, -0.15) is 0 Å². The average molecular weight is 352 g/mol. The van der Waals surface area contributed by atoms with E-state index in [4.69, 9.17) is 9.47 Å². The summed E-state index contributed by atoms with van der Waals surface area (Å²) in [5.41, 5.74) is 1.21. The molecule has 7 heteroatoms. The molecule has 2 rings (SSSR count). The maximum Gasteiger partial charge on any atom is 0.246 e. The van der Waals surface area contributed by atoms with Crippen LogP contribution in [0.1, 0.15) is 5.56 Å². The van der Waals surface area contributed by atoms with Gasteiger partial charge in [0.15, 0.2) is 0 Å². The van der Waals surface area contributed by atoms with Crippen LogP contribution in [0.15, 0.2) is 30.3 Å². The van der Waals surface area contributed by atoms with Gasteiger partial charge in [0.2, 0.25) is 5.91 Å². The van der Waals surface area contributed by atoms with Crippen molar-refractivity contribution in [1.29, 1.82) is 0 Å². The first-order chi connectivity index (χ1) is 12.1. The predicted molar refractivity (Wildman–Crippen MR) is 93.2 cm³/mol. The van der Waals surface area contributed by atoms with E-state index < -0.39 is 18.3 Å². The summed E-state index contributed by atoms with van der Waals surface area (Å²) in [6.07, 6.45) is -1.01. The normalized spacial score (nSPS) is 26.1. The van der Waals surface area contributed by atoms with Crippen molar-refractivity contribution in [3.8, 4) is 0 Å². The highest BCUT2D eigenvalue weighted by molar-refractivity contribution is 5.77. The number of benzene rings is 1. The van der Waals surface area contributed by atoms with Crippen molar-refractivity contribution in [3.05, 3.63) is 35.9 Å². The number of nitrogens with zero attached hydrogens (tertiary/aromatic N) is 1. The smallest absolute Gasteiger partial charge is 0.246 e. The van der Waals surface area contributed by atoms with Crippen molar-refractivity contribution in [3.63, 3.8) is 0 Å². The molecule has 1 aromatic rings. The molecule has 0 spiro atoms. The second kappa shape index (κ2) is 9.84. The van der Waals surface area contributed by atoms with Crippen LogP contribution < -0.4 is 5.32 Å². The van der Waals surface area contributed by atoms with Crippen LogP contribution in [0.25, 0.3) is 0 Å². The number of hydrogen-bond donors (Lipinski definition) is 3. The average Bonchev–Trinajstić information content (AvgIpc) is 2.95. The van der Waals surface area contributed by atoms with Crippen LogP contribution in [0, 0.1) is 0 Å². The van der Waals surface area contributed by atoms with Gasteiger partial charge in [0.25, 0.3) is 0 Å². The number of nitrogens with one attached hydrogen (secondary N) is 1. The Hall–Kier alpha value is -1.51. The van der Waals surface area contributed by atoms with Crippen molar-refractivity contribution in [2.75, 3.05) is 40.5 Å². The quantitative estimate of drug-likeness (QED) is 0.550. The lowest BCUT2D eigenvalue weighted by atomic mass is 10.0. The molecule has 4 atom stereocenters. The summed E-state index contributed by atoms with van der Waals surface area (Å²) >= 11 is 0. The molecule has 1 heterocycles. The highest BCUT2D eigenvalue weighted by Gasteiger charge is 2.45. The van der Waals surface area contributed by atoms with Gasteiger partial charge in [-0.05, 0) is 19.0 Å². The summed E-state index contributed by atoms with van der Waals surface area (Å²) in [5.74, 6) is -0.237. The molecule has 25 heavy (non-hydrogen) atoms. The molecule has 0 saturated carbocycles.